The van der Waals surface area contributed by atoms with Crippen LogP contribution < -0.4 is 15.0 Å². The largest absolute Gasteiger partial charge is 0.496 e. The quantitative estimate of drug-likeness (QED) is 0.785. The Balaban J connectivity index is 1.94. The highest BCUT2D eigenvalue weighted by atomic mass is 35.5. The molecule has 2 atom stereocenters. The number of hydrogen-bond acceptors (Lipinski definition) is 3. The average Bonchev–Trinajstić information content (AvgIpc) is 3.32. The number of amides is 1. The van der Waals surface area contributed by atoms with Crippen LogP contribution in [0.1, 0.15) is 25.3 Å². The number of hydrogen-bond donors (Lipinski definition) is 2. The summed E-state index contributed by atoms with van der Waals surface area (Å²) in [7, 11) is 3.55. The second-order valence-electron chi connectivity index (χ2n) is 6.40. The van der Waals surface area contributed by atoms with Crippen LogP contribution in [0.25, 0.3) is 0 Å². The molecule has 0 heterocycles. The fraction of sp³-hybridized carbons (Fsp3) is 0.529. The molecule has 1 aliphatic carbocycles. The highest BCUT2D eigenvalue weighted by Gasteiger charge is 2.43. The van der Waals surface area contributed by atoms with Gasteiger partial charge >= 0.3 is 0 Å². The van der Waals surface area contributed by atoms with E-state index in [4.69, 9.17) is 16.3 Å². The normalized spacial score (nSPS) is 17.7. The molecule has 1 amide bonds. The van der Waals surface area contributed by atoms with E-state index >= 15 is 0 Å². The Bertz CT molecular complexity index is 625. The SMILES string of the molecule is COc1ccc(Cl)cc1C[NH+](C)CC(=O)N[C@@](C)(C#N)C1CC1. The van der Waals surface area contributed by atoms with Gasteiger partial charge in [0, 0.05) is 10.6 Å². The van der Waals surface area contributed by atoms with E-state index in [1.54, 1.807) is 20.1 Å². The van der Waals surface area contributed by atoms with Crippen molar-refractivity contribution in [2.75, 3.05) is 20.7 Å². The topological polar surface area (TPSA) is 66.6 Å². The summed E-state index contributed by atoms with van der Waals surface area (Å²) in [6, 6.07) is 7.70. The molecule has 23 heavy (non-hydrogen) atoms. The van der Waals surface area contributed by atoms with Gasteiger partial charge < -0.3 is 15.0 Å². The number of ether oxygens (including phenoxy) is 1. The molecule has 2 N–H and O–H groups in total. The number of likely N-dealkylation sites (N-methyl/N-ethyl adjacent to an activating group) is 1. The Morgan fingerprint density at radius 3 is 2.83 bits per heavy atom. The molecule has 1 fully saturated rings. The van der Waals surface area contributed by atoms with Crippen molar-refractivity contribution in [3.8, 4) is 11.8 Å². The highest BCUT2D eigenvalue weighted by molar-refractivity contribution is 6.30. The van der Waals surface area contributed by atoms with Crippen LogP contribution in [0.4, 0.5) is 0 Å². The van der Waals surface area contributed by atoms with Crippen LogP contribution in [-0.4, -0.2) is 32.1 Å². The van der Waals surface area contributed by atoms with E-state index in [2.05, 4.69) is 11.4 Å². The number of nitrogens with zero attached hydrogens (tertiary/aromatic N) is 1. The fourth-order valence-electron chi connectivity index (χ4n) is 2.76. The first kappa shape index (κ1) is 17.6. The maximum atomic E-state index is 12.2. The Hall–Kier alpha value is -1.77. The number of nitrogens with one attached hydrogen (secondary N) is 2. The van der Waals surface area contributed by atoms with E-state index in [1.807, 2.05) is 19.2 Å². The zero-order valence-corrected chi connectivity index (χ0v) is 14.5. The van der Waals surface area contributed by atoms with Gasteiger partial charge in [-0.25, -0.2) is 0 Å². The molecule has 1 saturated carbocycles. The Kier molecular flexibility index (Phi) is 5.51. The monoisotopic (exact) mass is 336 g/mol. The van der Waals surface area contributed by atoms with Crippen molar-refractivity contribution in [1.29, 1.82) is 5.26 Å². The third-order valence-electron chi connectivity index (χ3n) is 4.22. The molecular formula is C17H23ClN3O2+. The van der Waals surface area contributed by atoms with Crippen LogP contribution in [0.15, 0.2) is 18.2 Å². The molecule has 1 aromatic rings. The molecule has 1 aliphatic rings. The molecule has 0 bridgehead atoms. The minimum Gasteiger partial charge on any atom is -0.496 e. The lowest BCUT2D eigenvalue weighted by atomic mass is 9.98. The number of rotatable bonds is 7. The Labute approximate surface area is 142 Å². The zero-order chi connectivity index (χ0) is 17.0. The first-order valence-corrected chi connectivity index (χ1v) is 8.11. The number of carbonyl (C=O) groups is 1. The molecule has 2 rings (SSSR count). The van der Waals surface area contributed by atoms with Gasteiger partial charge in [0.15, 0.2) is 6.54 Å². The number of halogens is 1. The lowest BCUT2D eigenvalue weighted by Gasteiger charge is -2.24. The molecular weight excluding hydrogens is 314 g/mol. The summed E-state index contributed by atoms with van der Waals surface area (Å²) in [5.41, 5.74) is 0.209. The summed E-state index contributed by atoms with van der Waals surface area (Å²) >= 11 is 6.03. The van der Waals surface area contributed by atoms with Gasteiger partial charge in [-0.1, -0.05) is 11.6 Å². The van der Waals surface area contributed by atoms with Gasteiger partial charge in [-0.3, -0.25) is 4.79 Å². The second kappa shape index (κ2) is 7.20. The maximum absolute atomic E-state index is 12.2. The second-order valence-corrected chi connectivity index (χ2v) is 6.84. The molecule has 0 aromatic heterocycles. The van der Waals surface area contributed by atoms with E-state index in [9.17, 15) is 10.1 Å². The van der Waals surface area contributed by atoms with Gasteiger partial charge in [-0.05, 0) is 43.9 Å². The van der Waals surface area contributed by atoms with Crippen LogP contribution in [-0.2, 0) is 11.3 Å². The average molecular weight is 337 g/mol. The standard InChI is InChI=1S/C17H22ClN3O2/c1-17(11-19,13-4-5-13)20-16(22)10-21(2)9-12-8-14(18)6-7-15(12)23-3/h6-8,13H,4-5,9-10H2,1-3H3,(H,20,22)/p+1/t17-/m0/s1. The number of nitriles is 1. The van der Waals surface area contributed by atoms with E-state index in [0.717, 1.165) is 29.1 Å². The lowest BCUT2D eigenvalue weighted by Crippen LogP contribution is -3.09. The van der Waals surface area contributed by atoms with Crippen molar-refractivity contribution in [2.24, 2.45) is 5.92 Å². The van der Waals surface area contributed by atoms with Gasteiger partial charge in [0.25, 0.3) is 5.91 Å². The van der Waals surface area contributed by atoms with Crippen LogP contribution in [0.5, 0.6) is 5.75 Å². The highest BCUT2D eigenvalue weighted by Crippen LogP contribution is 2.39. The van der Waals surface area contributed by atoms with Crippen molar-refractivity contribution in [3.05, 3.63) is 28.8 Å². The van der Waals surface area contributed by atoms with Crippen molar-refractivity contribution < 1.29 is 14.4 Å². The van der Waals surface area contributed by atoms with E-state index < -0.39 is 5.54 Å². The van der Waals surface area contributed by atoms with Gasteiger partial charge in [-0.15, -0.1) is 0 Å². The van der Waals surface area contributed by atoms with Gasteiger partial charge in [-0.2, -0.15) is 5.26 Å². The first-order chi connectivity index (χ1) is 10.9. The summed E-state index contributed by atoms with van der Waals surface area (Å²) < 4.78 is 5.33. The predicted octanol–water partition coefficient (Wildman–Crippen LogP) is 1.17. The third-order valence-corrected chi connectivity index (χ3v) is 4.46. The van der Waals surface area contributed by atoms with E-state index in [1.165, 1.54) is 0 Å². The fourth-order valence-corrected chi connectivity index (χ4v) is 2.96. The van der Waals surface area contributed by atoms with Gasteiger partial charge in [0.1, 0.15) is 17.8 Å². The van der Waals surface area contributed by atoms with Gasteiger partial charge in [0.2, 0.25) is 0 Å². The van der Waals surface area contributed by atoms with Crippen LogP contribution in [0, 0.1) is 17.2 Å². The molecule has 1 aromatic carbocycles. The minimum atomic E-state index is -0.745. The number of carbonyl (C=O) groups excluding carboxylic acids is 1. The molecule has 6 heteroatoms. The molecule has 5 nitrogen and oxygen atoms in total. The Morgan fingerprint density at radius 2 is 2.26 bits per heavy atom. The molecule has 0 saturated heterocycles. The maximum Gasteiger partial charge on any atom is 0.276 e. The van der Waals surface area contributed by atoms with Crippen molar-refractivity contribution in [3.63, 3.8) is 0 Å². The molecule has 0 spiro atoms. The summed E-state index contributed by atoms with van der Waals surface area (Å²) in [6.45, 7) is 2.71. The van der Waals surface area contributed by atoms with E-state index in [-0.39, 0.29) is 11.8 Å². The molecule has 124 valence electrons. The molecule has 0 radical (unpaired) electrons. The summed E-state index contributed by atoms with van der Waals surface area (Å²) in [5.74, 6) is 0.929. The predicted molar refractivity (Wildman–Crippen MR) is 88.3 cm³/mol. The van der Waals surface area contributed by atoms with Crippen LogP contribution in [0.3, 0.4) is 0 Å². The van der Waals surface area contributed by atoms with E-state index in [0.29, 0.717) is 18.1 Å². The third kappa shape index (κ3) is 4.60. The zero-order valence-electron chi connectivity index (χ0n) is 13.8. The van der Waals surface area contributed by atoms with Crippen molar-refractivity contribution >= 4 is 17.5 Å². The van der Waals surface area contributed by atoms with Gasteiger partial charge in [0.05, 0.1) is 20.2 Å². The first-order valence-electron chi connectivity index (χ1n) is 7.74. The van der Waals surface area contributed by atoms with Crippen molar-refractivity contribution in [1.82, 2.24) is 5.32 Å². The number of quaternary nitrogens is 1. The summed E-state index contributed by atoms with van der Waals surface area (Å²) in [6.07, 6.45) is 2.01. The summed E-state index contributed by atoms with van der Waals surface area (Å²) in [5, 5.41) is 12.8. The lowest BCUT2D eigenvalue weighted by molar-refractivity contribution is -0.885. The smallest absolute Gasteiger partial charge is 0.276 e. The summed E-state index contributed by atoms with van der Waals surface area (Å²) in [4.78, 5) is 13.2. The number of benzene rings is 1. The van der Waals surface area contributed by atoms with Crippen LogP contribution in [0.2, 0.25) is 5.02 Å². The minimum absolute atomic E-state index is 0.112. The Morgan fingerprint density at radius 1 is 1.57 bits per heavy atom. The molecule has 1 unspecified atom stereocenters. The van der Waals surface area contributed by atoms with Crippen LogP contribution >= 0.6 is 11.6 Å². The molecule has 0 aliphatic heterocycles. The number of methoxy groups -OCH3 is 1. The van der Waals surface area contributed by atoms with Crippen molar-refractivity contribution in [2.45, 2.75) is 31.8 Å².